The molecule has 0 aliphatic rings. The van der Waals surface area contributed by atoms with E-state index in [1.807, 2.05) is 95.8 Å². The number of carbonyl (C=O) groups excluding carboxylic acids is 1. The molecule has 0 bridgehead atoms. The van der Waals surface area contributed by atoms with E-state index in [9.17, 15) is 4.79 Å². The summed E-state index contributed by atoms with van der Waals surface area (Å²) in [6.45, 7) is 0.132. The monoisotopic (exact) mass is 420 g/mol. The van der Waals surface area contributed by atoms with Crippen LogP contribution in [0, 0.1) is 0 Å². The molecule has 2 aromatic heterocycles. The van der Waals surface area contributed by atoms with Crippen molar-refractivity contribution in [3.8, 4) is 16.9 Å². The average Bonchev–Trinajstić information content (AvgIpc) is 3.45. The highest BCUT2D eigenvalue weighted by Crippen LogP contribution is 2.22. The minimum Gasteiger partial charge on any atom is -0.321 e. The van der Waals surface area contributed by atoms with Gasteiger partial charge in [-0.25, -0.2) is 15.1 Å². The van der Waals surface area contributed by atoms with E-state index in [-0.39, 0.29) is 12.5 Å². The van der Waals surface area contributed by atoms with Crippen LogP contribution in [-0.2, 0) is 11.3 Å². The highest BCUT2D eigenvalue weighted by Gasteiger charge is 2.11. The summed E-state index contributed by atoms with van der Waals surface area (Å²) in [5.74, 6) is -0.235. The van der Waals surface area contributed by atoms with E-state index < -0.39 is 0 Å². The fraction of sp³-hybridized carbons (Fsp3) is 0.0400. The lowest BCUT2D eigenvalue weighted by molar-refractivity contribution is -0.121. The molecule has 7 nitrogen and oxygen atoms in total. The Bertz CT molecular complexity index is 1390. The molecule has 1 N–H and O–H groups in total. The van der Waals surface area contributed by atoms with Crippen molar-refractivity contribution in [2.24, 2.45) is 5.10 Å². The summed E-state index contributed by atoms with van der Waals surface area (Å²) in [4.78, 5) is 16.7. The molecule has 0 saturated carbocycles. The fourth-order valence-corrected chi connectivity index (χ4v) is 3.52. The summed E-state index contributed by atoms with van der Waals surface area (Å²) in [6.07, 6.45) is 5.18. The molecule has 0 atom stereocenters. The van der Waals surface area contributed by atoms with Crippen LogP contribution in [0.25, 0.3) is 28.0 Å². The molecule has 0 saturated heterocycles. The van der Waals surface area contributed by atoms with E-state index >= 15 is 0 Å². The van der Waals surface area contributed by atoms with Gasteiger partial charge < -0.3 is 4.57 Å². The van der Waals surface area contributed by atoms with Gasteiger partial charge in [0, 0.05) is 17.3 Å². The van der Waals surface area contributed by atoms with Crippen LogP contribution >= 0.6 is 0 Å². The smallest absolute Gasteiger partial charge is 0.260 e. The highest BCUT2D eigenvalue weighted by atomic mass is 16.2. The summed E-state index contributed by atoms with van der Waals surface area (Å²) in [6, 6.07) is 27.5. The maximum absolute atomic E-state index is 12.4. The quantitative estimate of drug-likeness (QED) is 0.333. The second kappa shape index (κ2) is 8.69. The van der Waals surface area contributed by atoms with E-state index in [1.54, 1.807) is 17.1 Å². The summed E-state index contributed by atoms with van der Waals surface area (Å²) < 4.78 is 3.60. The Morgan fingerprint density at radius 1 is 0.938 bits per heavy atom. The van der Waals surface area contributed by atoms with Crippen LogP contribution in [-0.4, -0.2) is 31.5 Å². The molecule has 0 aliphatic heterocycles. The topological polar surface area (TPSA) is 77.1 Å². The number of fused-ring (bicyclic) bond motifs is 1. The zero-order chi connectivity index (χ0) is 21.8. The average molecular weight is 420 g/mol. The molecule has 5 aromatic rings. The first-order valence-corrected chi connectivity index (χ1v) is 10.2. The Labute approximate surface area is 184 Å². The van der Waals surface area contributed by atoms with Crippen LogP contribution < -0.4 is 5.43 Å². The van der Waals surface area contributed by atoms with Crippen LogP contribution in [0.15, 0.2) is 103 Å². The normalized spacial score (nSPS) is 11.2. The van der Waals surface area contributed by atoms with Gasteiger partial charge in [0.25, 0.3) is 5.91 Å². The number of nitrogens with one attached hydrogen (secondary N) is 1. The number of hydrogen-bond acceptors (Lipinski definition) is 4. The van der Waals surface area contributed by atoms with E-state index in [2.05, 4.69) is 15.5 Å². The van der Waals surface area contributed by atoms with Crippen molar-refractivity contribution in [2.45, 2.75) is 6.54 Å². The first-order chi connectivity index (χ1) is 15.8. The highest BCUT2D eigenvalue weighted by molar-refractivity contribution is 5.89. The van der Waals surface area contributed by atoms with Gasteiger partial charge in [-0.1, -0.05) is 60.7 Å². The van der Waals surface area contributed by atoms with Crippen molar-refractivity contribution in [3.05, 3.63) is 103 Å². The Morgan fingerprint density at radius 3 is 2.47 bits per heavy atom. The van der Waals surface area contributed by atoms with Gasteiger partial charge in [0.1, 0.15) is 12.2 Å². The zero-order valence-electron chi connectivity index (χ0n) is 17.2. The molecule has 1 amide bonds. The molecule has 0 spiro atoms. The van der Waals surface area contributed by atoms with E-state index in [0.717, 1.165) is 33.5 Å². The Morgan fingerprint density at radius 2 is 1.66 bits per heavy atom. The third kappa shape index (κ3) is 4.04. The van der Waals surface area contributed by atoms with Gasteiger partial charge >= 0.3 is 0 Å². The molecule has 7 heteroatoms. The molecule has 2 heterocycles. The molecule has 0 fully saturated rings. The largest absolute Gasteiger partial charge is 0.321 e. The number of benzene rings is 3. The van der Waals surface area contributed by atoms with Crippen molar-refractivity contribution >= 4 is 23.2 Å². The van der Waals surface area contributed by atoms with Gasteiger partial charge in [-0.2, -0.15) is 10.2 Å². The second-order valence-corrected chi connectivity index (χ2v) is 7.23. The number of amides is 1. The first-order valence-electron chi connectivity index (χ1n) is 10.2. The lowest BCUT2D eigenvalue weighted by Crippen LogP contribution is -2.22. The molecule has 156 valence electrons. The van der Waals surface area contributed by atoms with E-state index in [1.165, 1.54) is 0 Å². The SMILES string of the molecule is O=C(Cn1cnc2ccccc21)N/N=C\c1cn(-c2ccccc2)nc1-c1ccccc1. The number of nitrogens with zero attached hydrogens (tertiary/aromatic N) is 5. The number of carbonyl (C=O) groups is 1. The molecule has 0 aliphatic carbocycles. The third-order valence-corrected chi connectivity index (χ3v) is 5.04. The Hall–Kier alpha value is -4.52. The molecular formula is C25H20N6O. The van der Waals surface area contributed by atoms with Gasteiger partial charge in [-0.15, -0.1) is 0 Å². The van der Waals surface area contributed by atoms with Crippen LogP contribution in [0.4, 0.5) is 0 Å². The van der Waals surface area contributed by atoms with Crippen LogP contribution in [0.5, 0.6) is 0 Å². The van der Waals surface area contributed by atoms with Crippen LogP contribution in [0.2, 0.25) is 0 Å². The van der Waals surface area contributed by atoms with Crippen molar-refractivity contribution in [3.63, 3.8) is 0 Å². The first kappa shape index (κ1) is 19.4. The van der Waals surface area contributed by atoms with Gasteiger partial charge in [0.05, 0.1) is 29.3 Å². The second-order valence-electron chi connectivity index (χ2n) is 7.23. The summed E-state index contributed by atoms with van der Waals surface area (Å²) >= 11 is 0. The molecule has 32 heavy (non-hydrogen) atoms. The van der Waals surface area contributed by atoms with Gasteiger partial charge in [-0.05, 0) is 24.3 Å². The van der Waals surface area contributed by atoms with Crippen molar-refractivity contribution < 1.29 is 4.79 Å². The molecule has 3 aromatic carbocycles. The summed E-state index contributed by atoms with van der Waals surface area (Å²) in [5, 5.41) is 8.93. The standard InChI is InChI=1S/C25H20N6O/c32-24(17-30-18-26-22-13-7-8-14-23(22)30)28-27-15-20-16-31(21-11-5-2-6-12-21)29-25(20)19-9-3-1-4-10-19/h1-16,18H,17H2,(H,28,32)/b27-15-. The summed E-state index contributed by atoms with van der Waals surface area (Å²) in [5.41, 5.74) is 7.86. The van der Waals surface area contributed by atoms with Crippen LogP contribution in [0.1, 0.15) is 5.56 Å². The van der Waals surface area contributed by atoms with Crippen molar-refractivity contribution in [1.82, 2.24) is 24.8 Å². The predicted octanol–water partition coefficient (Wildman–Crippen LogP) is 4.04. The van der Waals surface area contributed by atoms with Crippen molar-refractivity contribution in [1.29, 1.82) is 0 Å². The molecule has 0 unspecified atom stereocenters. The Balaban J connectivity index is 1.37. The molecule has 5 rings (SSSR count). The van der Waals surface area contributed by atoms with Crippen molar-refractivity contribution in [2.75, 3.05) is 0 Å². The minimum atomic E-state index is -0.235. The zero-order valence-corrected chi connectivity index (χ0v) is 17.2. The number of imidazole rings is 1. The van der Waals surface area contributed by atoms with Crippen LogP contribution in [0.3, 0.4) is 0 Å². The molecular weight excluding hydrogens is 400 g/mol. The number of aromatic nitrogens is 4. The summed E-state index contributed by atoms with van der Waals surface area (Å²) in [7, 11) is 0. The van der Waals surface area contributed by atoms with Gasteiger partial charge in [-0.3, -0.25) is 4.79 Å². The lowest BCUT2D eigenvalue weighted by atomic mass is 10.1. The third-order valence-electron chi connectivity index (χ3n) is 5.04. The predicted molar refractivity (Wildman–Crippen MR) is 124 cm³/mol. The van der Waals surface area contributed by atoms with Gasteiger partial charge in [0.2, 0.25) is 0 Å². The minimum absolute atomic E-state index is 0.132. The molecule has 0 radical (unpaired) electrons. The van der Waals surface area contributed by atoms with E-state index in [0.29, 0.717) is 0 Å². The number of rotatable bonds is 6. The lowest BCUT2D eigenvalue weighted by Gasteiger charge is -2.03. The maximum Gasteiger partial charge on any atom is 0.260 e. The van der Waals surface area contributed by atoms with E-state index in [4.69, 9.17) is 5.10 Å². The maximum atomic E-state index is 12.4. The number of hydrazone groups is 1. The number of para-hydroxylation sites is 3. The number of hydrogen-bond donors (Lipinski definition) is 1. The Kier molecular flexibility index (Phi) is 5.28. The van der Waals surface area contributed by atoms with Gasteiger partial charge in [0.15, 0.2) is 0 Å². The fourth-order valence-electron chi connectivity index (χ4n) is 3.52.